The van der Waals surface area contributed by atoms with Crippen LogP contribution in [0.3, 0.4) is 0 Å². The van der Waals surface area contributed by atoms with Gasteiger partial charge >= 0.3 is 6.03 Å². The minimum atomic E-state index is -0.105. The molecule has 154 valence electrons. The number of benzene rings is 2. The number of halogens is 1. The number of urea groups is 1. The molecule has 1 heterocycles. The Balaban J connectivity index is 1.63. The van der Waals surface area contributed by atoms with Gasteiger partial charge in [-0.15, -0.1) is 0 Å². The topological polar surface area (TPSA) is 61.4 Å². The Hall–Kier alpha value is -2.53. The molecule has 29 heavy (non-hydrogen) atoms. The number of hydrogen-bond donors (Lipinski definition) is 2. The SMILES string of the molecule is CC(C)NC(=O)N1CCC[C@H](c2cccc(C(=O)NCc3ccc(Cl)cc3)c2)C1. The second kappa shape index (κ2) is 9.79. The van der Waals surface area contributed by atoms with Gasteiger partial charge in [-0.2, -0.15) is 0 Å². The Morgan fingerprint density at radius 2 is 1.93 bits per heavy atom. The number of carbonyl (C=O) groups excluding carboxylic acids is 2. The Morgan fingerprint density at radius 1 is 1.17 bits per heavy atom. The highest BCUT2D eigenvalue weighted by molar-refractivity contribution is 6.30. The third-order valence-corrected chi connectivity index (χ3v) is 5.36. The average molecular weight is 414 g/mol. The van der Waals surface area contributed by atoms with E-state index in [9.17, 15) is 9.59 Å². The minimum absolute atomic E-state index is 0.0124. The van der Waals surface area contributed by atoms with Gasteiger partial charge in [-0.25, -0.2) is 4.79 Å². The van der Waals surface area contributed by atoms with Gasteiger partial charge in [0, 0.05) is 42.2 Å². The Labute approximate surface area is 177 Å². The van der Waals surface area contributed by atoms with E-state index >= 15 is 0 Å². The molecule has 0 aliphatic carbocycles. The first-order valence-electron chi connectivity index (χ1n) is 10.1. The van der Waals surface area contributed by atoms with Crippen molar-refractivity contribution in [3.8, 4) is 0 Å². The van der Waals surface area contributed by atoms with Crippen LogP contribution in [0.4, 0.5) is 4.79 Å². The Morgan fingerprint density at radius 3 is 2.66 bits per heavy atom. The number of piperidine rings is 1. The van der Waals surface area contributed by atoms with E-state index in [1.807, 2.05) is 67.3 Å². The molecule has 2 aromatic carbocycles. The van der Waals surface area contributed by atoms with Gasteiger partial charge in [0.05, 0.1) is 0 Å². The van der Waals surface area contributed by atoms with Crippen molar-refractivity contribution in [2.45, 2.75) is 45.2 Å². The average Bonchev–Trinajstić information content (AvgIpc) is 2.73. The third-order valence-electron chi connectivity index (χ3n) is 5.11. The first-order chi connectivity index (χ1) is 13.9. The lowest BCUT2D eigenvalue weighted by Crippen LogP contribution is -2.47. The van der Waals surface area contributed by atoms with E-state index in [4.69, 9.17) is 11.6 Å². The van der Waals surface area contributed by atoms with E-state index in [0.29, 0.717) is 23.7 Å². The van der Waals surface area contributed by atoms with Crippen molar-refractivity contribution in [1.82, 2.24) is 15.5 Å². The number of hydrogen-bond acceptors (Lipinski definition) is 2. The van der Waals surface area contributed by atoms with Crippen molar-refractivity contribution < 1.29 is 9.59 Å². The van der Waals surface area contributed by atoms with Crippen LogP contribution in [0.25, 0.3) is 0 Å². The summed E-state index contributed by atoms with van der Waals surface area (Å²) < 4.78 is 0. The van der Waals surface area contributed by atoms with E-state index in [2.05, 4.69) is 10.6 Å². The smallest absolute Gasteiger partial charge is 0.317 e. The summed E-state index contributed by atoms with van der Waals surface area (Å²) in [6.45, 7) is 5.83. The number of carbonyl (C=O) groups is 2. The molecule has 2 aromatic rings. The fourth-order valence-electron chi connectivity index (χ4n) is 3.59. The highest BCUT2D eigenvalue weighted by Crippen LogP contribution is 2.27. The third kappa shape index (κ3) is 5.97. The lowest BCUT2D eigenvalue weighted by atomic mass is 9.89. The normalized spacial score (nSPS) is 16.6. The molecule has 0 unspecified atom stereocenters. The highest BCUT2D eigenvalue weighted by Gasteiger charge is 2.25. The molecule has 1 aliphatic rings. The van der Waals surface area contributed by atoms with Crippen LogP contribution >= 0.6 is 11.6 Å². The van der Waals surface area contributed by atoms with Crippen molar-refractivity contribution in [1.29, 1.82) is 0 Å². The van der Waals surface area contributed by atoms with Gasteiger partial charge in [-0.05, 0) is 62.1 Å². The summed E-state index contributed by atoms with van der Waals surface area (Å²) >= 11 is 5.90. The zero-order valence-electron chi connectivity index (χ0n) is 17.0. The molecule has 3 amide bonds. The van der Waals surface area contributed by atoms with E-state index in [-0.39, 0.29) is 23.9 Å². The molecule has 0 bridgehead atoms. The summed E-state index contributed by atoms with van der Waals surface area (Å²) in [4.78, 5) is 26.8. The number of likely N-dealkylation sites (tertiary alicyclic amines) is 1. The molecule has 0 radical (unpaired) electrons. The summed E-state index contributed by atoms with van der Waals surface area (Å²) in [6.07, 6.45) is 1.98. The summed E-state index contributed by atoms with van der Waals surface area (Å²) in [5, 5.41) is 6.60. The molecule has 3 rings (SSSR count). The number of rotatable bonds is 5. The maximum Gasteiger partial charge on any atom is 0.317 e. The predicted molar refractivity (Wildman–Crippen MR) is 116 cm³/mol. The van der Waals surface area contributed by atoms with Crippen molar-refractivity contribution in [2.75, 3.05) is 13.1 Å². The maximum atomic E-state index is 12.6. The minimum Gasteiger partial charge on any atom is -0.348 e. The zero-order chi connectivity index (χ0) is 20.8. The second-order valence-corrected chi connectivity index (χ2v) is 8.26. The van der Waals surface area contributed by atoms with Crippen molar-refractivity contribution in [3.05, 3.63) is 70.2 Å². The largest absolute Gasteiger partial charge is 0.348 e. The van der Waals surface area contributed by atoms with Gasteiger partial charge in [0.1, 0.15) is 0 Å². The highest BCUT2D eigenvalue weighted by atomic mass is 35.5. The van der Waals surface area contributed by atoms with E-state index in [1.54, 1.807) is 0 Å². The molecule has 2 N–H and O–H groups in total. The van der Waals surface area contributed by atoms with Gasteiger partial charge in [0.15, 0.2) is 0 Å². The summed E-state index contributed by atoms with van der Waals surface area (Å²) in [5.74, 6) is 0.137. The summed E-state index contributed by atoms with van der Waals surface area (Å²) in [6, 6.07) is 15.3. The molecule has 0 saturated carbocycles. The Kier molecular flexibility index (Phi) is 7.15. The van der Waals surface area contributed by atoms with Gasteiger partial charge in [-0.1, -0.05) is 35.9 Å². The predicted octanol–water partition coefficient (Wildman–Crippen LogP) is 4.57. The molecule has 1 saturated heterocycles. The second-order valence-electron chi connectivity index (χ2n) is 7.82. The van der Waals surface area contributed by atoms with Gasteiger partial charge < -0.3 is 15.5 Å². The van der Waals surface area contributed by atoms with Crippen LogP contribution in [0.1, 0.15) is 54.1 Å². The van der Waals surface area contributed by atoms with Crippen LogP contribution in [0, 0.1) is 0 Å². The van der Waals surface area contributed by atoms with E-state index in [0.717, 1.165) is 30.5 Å². The molecule has 0 spiro atoms. The molecule has 1 atom stereocenters. The van der Waals surface area contributed by atoms with Crippen LogP contribution in [-0.4, -0.2) is 36.0 Å². The maximum absolute atomic E-state index is 12.6. The van der Waals surface area contributed by atoms with Crippen LogP contribution in [-0.2, 0) is 6.54 Å². The van der Waals surface area contributed by atoms with Gasteiger partial charge in [0.25, 0.3) is 5.91 Å². The Bertz CT molecular complexity index is 851. The van der Waals surface area contributed by atoms with Crippen LogP contribution < -0.4 is 10.6 Å². The molecular weight excluding hydrogens is 386 g/mol. The van der Waals surface area contributed by atoms with Crippen LogP contribution in [0.15, 0.2) is 48.5 Å². The van der Waals surface area contributed by atoms with Crippen LogP contribution in [0.5, 0.6) is 0 Å². The lowest BCUT2D eigenvalue weighted by molar-refractivity contribution is 0.0950. The van der Waals surface area contributed by atoms with Gasteiger partial charge in [0.2, 0.25) is 0 Å². The number of nitrogens with one attached hydrogen (secondary N) is 2. The van der Waals surface area contributed by atoms with Crippen LogP contribution in [0.2, 0.25) is 5.02 Å². The van der Waals surface area contributed by atoms with E-state index in [1.165, 1.54) is 0 Å². The van der Waals surface area contributed by atoms with Crippen molar-refractivity contribution >= 4 is 23.5 Å². The number of amides is 3. The number of nitrogens with zero attached hydrogens (tertiary/aromatic N) is 1. The lowest BCUT2D eigenvalue weighted by Gasteiger charge is -2.33. The molecule has 1 fully saturated rings. The fraction of sp³-hybridized carbons (Fsp3) is 0.391. The standard InChI is InChI=1S/C23H28ClN3O2/c1-16(2)26-23(29)27-12-4-7-20(15-27)18-5-3-6-19(13-18)22(28)25-14-17-8-10-21(24)11-9-17/h3,5-6,8-11,13,16,20H,4,7,12,14-15H2,1-2H3,(H,25,28)(H,26,29)/t20-/m0/s1. The molecule has 6 heteroatoms. The zero-order valence-corrected chi connectivity index (χ0v) is 17.7. The fourth-order valence-corrected chi connectivity index (χ4v) is 3.72. The monoisotopic (exact) mass is 413 g/mol. The van der Waals surface area contributed by atoms with Crippen molar-refractivity contribution in [3.63, 3.8) is 0 Å². The summed E-state index contributed by atoms with van der Waals surface area (Å²) in [7, 11) is 0. The quantitative estimate of drug-likeness (QED) is 0.754. The molecule has 1 aliphatic heterocycles. The first kappa shape index (κ1) is 21.2. The molecular formula is C23H28ClN3O2. The molecule has 0 aromatic heterocycles. The summed E-state index contributed by atoms with van der Waals surface area (Å²) in [5.41, 5.74) is 2.74. The van der Waals surface area contributed by atoms with Gasteiger partial charge in [-0.3, -0.25) is 4.79 Å². The first-order valence-corrected chi connectivity index (χ1v) is 10.5. The van der Waals surface area contributed by atoms with Crippen molar-refractivity contribution in [2.24, 2.45) is 0 Å². The molecule has 5 nitrogen and oxygen atoms in total. The van der Waals surface area contributed by atoms with E-state index < -0.39 is 0 Å².